The second-order valence-corrected chi connectivity index (χ2v) is 4.76. The minimum absolute atomic E-state index is 0.0697. The number of para-hydroxylation sites is 1. The highest BCUT2D eigenvalue weighted by Crippen LogP contribution is 2.19. The number of aliphatic carboxylic acids is 1. The van der Waals surface area contributed by atoms with E-state index in [0.29, 0.717) is 25.9 Å². The monoisotopic (exact) mass is 267 g/mol. The predicted molar refractivity (Wildman–Crippen MR) is 72.2 cm³/mol. The quantitative estimate of drug-likeness (QED) is 0.615. The van der Waals surface area contributed by atoms with Gasteiger partial charge in [0, 0.05) is 6.61 Å². The summed E-state index contributed by atoms with van der Waals surface area (Å²) in [6.07, 6.45) is 1.46. The van der Waals surface area contributed by atoms with Gasteiger partial charge in [0.15, 0.2) is 0 Å². The van der Waals surface area contributed by atoms with Gasteiger partial charge in [-0.2, -0.15) is 0 Å². The lowest BCUT2D eigenvalue weighted by Gasteiger charge is -2.19. The molecule has 0 aromatic heterocycles. The first-order valence-electron chi connectivity index (χ1n) is 6.31. The van der Waals surface area contributed by atoms with Crippen LogP contribution < -0.4 is 10.5 Å². The molecule has 0 fully saturated rings. The molecule has 0 saturated heterocycles. The van der Waals surface area contributed by atoms with E-state index in [1.165, 1.54) is 6.92 Å². The molecule has 1 rings (SSSR count). The maximum atomic E-state index is 10.8. The maximum absolute atomic E-state index is 10.8. The third-order valence-electron chi connectivity index (χ3n) is 2.94. The van der Waals surface area contributed by atoms with Gasteiger partial charge in [-0.1, -0.05) is 18.2 Å². The number of carboxylic acid groups (broad SMARTS) is 1. The van der Waals surface area contributed by atoms with Crippen LogP contribution in [-0.2, 0) is 11.2 Å². The summed E-state index contributed by atoms with van der Waals surface area (Å²) < 4.78 is 5.61. The normalized spacial score (nSPS) is 13.8. The molecule has 0 aliphatic heterocycles. The van der Waals surface area contributed by atoms with Gasteiger partial charge in [-0.15, -0.1) is 0 Å². The van der Waals surface area contributed by atoms with E-state index in [0.717, 1.165) is 11.3 Å². The zero-order chi connectivity index (χ0) is 14.3. The number of hydrogen-bond acceptors (Lipinski definition) is 4. The molecular formula is C14H21NO4. The summed E-state index contributed by atoms with van der Waals surface area (Å²) >= 11 is 0. The van der Waals surface area contributed by atoms with Gasteiger partial charge in [0.05, 0.1) is 6.61 Å². The van der Waals surface area contributed by atoms with E-state index in [9.17, 15) is 4.79 Å². The summed E-state index contributed by atoms with van der Waals surface area (Å²) in [5.41, 5.74) is 5.36. The van der Waals surface area contributed by atoms with E-state index in [4.69, 9.17) is 20.7 Å². The van der Waals surface area contributed by atoms with E-state index in [1.54, 1.807) is 0 Å². The molecular weight excluding hydrogens is 246 g/mol. The zero-order valence-corrected chi connectivity index (χ0v) is 11.1. The lowest BCUT2D eigenvalue weighted by atomic mass is 9.98. The second kappa shape index (κ2) is 7.11. The minimum atomic E-state index is -1.21. The number of aliphatic hydroxyl groups excluding tert-OH is 1. The van der Waals surface area contributed by atoms with Crippen LogP contribution in [-0.4, -0.2) is 34.9 Å². The highest BCUT2D eigenvalue weighted by atomic mass is 16.5. The van der Waals surface area contributed by atoms with Crippen LogP contribution in [0.1, 0.15) is 25.3 Å². The van der Waals surface area contributed by atoms with Crippen LogP contribution in [0.5, 0.6) is 5.75 Å². The van der Waals surface area contributed by atoms with Crippen LogP contribution in [0.2, 0.25) is 0 Å². The van der Waals surface area contributed by atoms with Gasteiger partial charge in [0.1, 0.15) is 11.3 Å². The molecule has 5 heteroatoms. The molecule has 0 aliphatic rings. The van der Waals surface area contributed by atoms with E-state index in [-0.39, 0.29) is 6.61 Å². The van der Waals surface area contributed by atoms with Gasteiger partial charge in [0.2, 0.25) is 0 Å². The van der Waals surface area contributed by atoms with Crippen molar-refractivity contribution in [3.05, 3.63) is 29.8 Å². The van der Waals surface area contributed by atoms with Gasteiger partial charge in [-0.05, 0) is 37.8 Å². The van der Waals surface area contributed by atoms with Crippen LogP contribution in [0, 0.1) is 0 Å². The Kier molecular flexibility index (Phi) is 5.79. The summed E-state index contributed by atoms with van der Waals surface area (Å²) in [5, 5.41) is 17.8. The Hall–Kier alpha value is -1.59. The fourth-order valence-corrected chi connectivity index (χ4v) is 1.70. The molecule has 0 spiro atoms. The fourth-order valence-electron chi connectivity index (χ4n) is 1.70. The lowest BCUT2D eigenvalue weighted by molar-refractivity contribution is -0.142. The van der Waals surface area contributed by atoms with Crippen molar-refractivity contribution in [2.45, 2.75) is 31.7 Å². The molecule has 1 unspecified atom stereocenters. The van der Waals surface area contributed by atoms with Gasteiger partial charge >= 0.3 is 5.97 Å². The number of ether oxygens (including phenoxy) is 1. The van der Waals surface area contributed by atoms with Crippen molar-refractivity contribution in [2.75, 3.05) is 13.2 Å². The molecule has 19 heavy (non-hydrogen) atoms. The Morgan fingerprint density at radius 2 is 2.11 bits per heavy atom. The minimum Gasteiger partial charge on any atom is -0.493 e. The smallest absolute Gasteiger partial charge is 0.323 e. The Morgan fingerprint density at radius 1 is 1.42 bits per heavy atom. The van der Waals surface area contributed by atoms with Crippen molar-refractivity contribution < 1.29 is 19.7 Å². The van der Waals surface area contributed by atoms with E-state index >= 15 is 0 Å². The first-order valence-corrected chi connectivity index (χ1v) is 6.31. The molecule has 0 amide bonds. The van der Waals surface area contributed by atoms with Gasteiger partial charge < -0.3 is 20.7 Å². The fraction of sp³-hybridized carbons (Fsp3) is 0.500. The Bertz CT molecular complexity index is 418. The molecule has 0 radical (unpaired) electrons. The number of benzene rings is 1. The van der Waals surface area contributed by atoms with Crippen molar-refractivity contribution in [1.82, 2.24) is 0 Å². The van der Waals surface area contributed by atoms with Gasteiger partial charge in [-0.25, -0.2) is 0 Å². The second-order valence-electron chi connectivity index (χ2n) is 4.76. The summed E-state index contributed by atoms with van der Waals surface area (Å²) in [6.45, 7) is 1.97. The van der Waals surface area contributed by atoms with Crippen LogP contribution >= 0.6 is 0 Å². The summed E-state index contributed by atoms with van der Waals surface area (Å²) in [5.74, 6) is -0.279. The number of aliphatic hydroxyl groups is 1. The van der Waals surface area contributed by atoms with E-state index in [1.807, 2.05) is 24.3 Å². The third-order valence-corrected chi connectivity index (χ3v) is 2.94. The standard InChI is InChI=1S/C14H21NO4/c1-14(15,13(17)18)8-4-10-19-12-6-3-2-5-11(12)7-9-16/h2-3,5-6,16H,4,7-10,15H2,1H3,(H,17,18). The van der Waals surface area contributed by atoms with Crippen LogP contribution in [0.15, 0.2) is 24.3 Å². The van der Waals surface area contributed by atoms with Gasteiger partial charge in [-0.3, -0.25) is 4.79 Å². The lowest BCUT2D eigenvalue weighted by Crippen LogP contribution is -2.44. The molecule has 106 valence electrons. The number of nitrogens with two attached hydrogens (primary N) is 1. The molecule has 1 atom stereocenters. The molecule has 5 nitrogen and oxygen atoms in total. The van der Waals surface area contributed by atoms with Crippen molar-refractivity contribution in [3.8, 4) is 5.75 Å². The SMILES string of the molecule is CC(N)(CCCOc1ccccc1CCO)C(=O)O. The number of carbonyl (C=O) groups is 1. The highest BCUT2D eigenvalue weighted by Gasteiger charge is 2.26. The number of hydrogen-bond donors (Lipinski definition) is 3. The van der Waals surface area contributed by atoms with Crippen LogP contribution in [0.4, 0.5) is 0 Å². The van der Waals surface area contributed by atoms with Crippen molar-refractivity contribution in [3.63, 3.8) is 0 Å². The summed E-state index contributed by atoms with van der Waals surface area (Å²) in [4.78, 5) is 10.8. The molecule has 0 heterocycles. The van der Waals surface area contributed by atoms with E-state index in [2.05, 4.69) is 0 Å². The average molecular weight is 267 g/mol. The zero-order valence-electron chi connectivity index (χ0n) is 11.1. The number of rotatable bonds is 8. The molecule has 0 aliphatic carbocycles. The Balaban J connectivity index is 2.43. The summed E-state index contributed by atoms with van der Waals surface area (Å²) in [6, 6.07) is 7.49. The molecule has 1 aromatic carbocycles. The Morgan fingerprint density at radius 3 is 2.74 bits per heavy atom. The number of carboxylic acids is 1. The first-order chi connectivity index (χ1) is 8.97. The van der Waals surface area contributed by atoms with Crippen molar-refractivity contribution in [2.24, 2.45) is 5.73 Å². The Labute approximate surface area is 113 Å². The van der Waals surface area contributed by atoms with E-state index < -0.39 is 11.5 Å². The van der Waals surface area contributed by atoms with Crippen LogP contribution in [0.3, 0.4) is 0 Å². The molecule has 0 bridgehead atoms. The molecule has 4 N–H and O–H groups in total. The average Bonchev–Trinajstić information content (AvgIpc) is 2.36. The summed E-state index contributed by atoms with van der Waals surface area (Å²) in [7, 11) is 0. The van der Waals surface area contributed by atoms with Crippen LogP contribution in [0.25, 0.3) is 0 Å². The molecule has 1 aromatic rings. The predicted octanol–water partition coefficient (Wildman–Crippen LogP) is 1.18. The highest BCUT2D eigenvalue weighted by molar-refractivity contribution is 5.77. The topological polar surface area (TPSA) is 92.8 Å². The third kappa shape index (κ3) is 4.89. The van der Waals surface area contributed by atoms with Crippen molar-refractivity contribution >= 4 is 5.97 Å². The van der Waals surface area contributed by atoms with Gasteiger partial charge in [0.25, 0.3) is 0 Å². The molecule has 0 saturated carbocycles. The first kappa shape index (κ1) is 15.5. The largest absolute Gasteiger partial charge is 0.493 e. The maximum Gasteiger partial charge on any atom is 0.323 e. The van der Waals surface area contributed by atoms with Crippen molar-refractivity contribution in [1.29, 1.82) is 0 Å².